The third-order valence-corrected chi connectivity index (χ3v) is 4.05. The van der Waals surface area contributed by atoms with Crippen molar-refractivity contribution in [2.75, 3.05) is 39.6 Å². The molecular weight excluding hydrogens is 242 g/mol. The van der Waals surface area contributed by atoms with Gasteiger partial charge in [-0.05, 0) is 24.6 Å². The van der Waals surface area contributed by atoms with E-state index in [1.165, 1.54) is 5.56 Å². The quantitative estimate of drug-likeness (QED) is 0.890. The molecule has 0 saturated carbocycles. The summed E-state index contributed by atoms with van der Waals surface area (Å²) in [5.74, 6) is 0.925. The van der Waals surface area contributed by atoms with Crippen LogP contribution in [0.15, 0.2) is 24.3 Å². The molecule has 0 spiro atoms. The van der Waals surface area contributed by atoms with E-state index in [9.17, 15) is 0 Å². The van der Waals surface area contributed by atoms with Crippen LogP contribution in [0.3, 0.4) is 0 Å². The SMILES string of the molecule is CCOc1ccc(C2(C3COCCN3)COC2)cc1. The third-order valence-electron chi connectivity index (χ3n) is 4.05. The molecule has 1 aromatic rings. The first-order valence-corrected chi connectivity index (χ1v) is 6.97. The van der Waals surface area contributed by atoms with Crippen LogP contribution in [-0.4, -0.2) is 45.6 Å². The van der Waals surface area contributed by atoms with E-state index >= 15 is 0 Å². The maximum Gasteiger partial charge on any atom is 0.119 e. The van der Waals surface area contributed by atoms with Gasteiger partial charge in [0.2, 0.25) is 0 Å². The van der Waals surface area contributed by atoms with E-state index in [2.05, 4.69) is 17.4 Å². The van der Waals surface area contributed by atoms with Crippen LogP contribution in [0.2, 0.25) is 0 Å². The Labute approximate surface area is 114 Å². The Bertz CT molecular complexity index is 408. The molecule has 1 aromatic carbocycles. The second kappa shape index (κ2) is 5.49. The maximum atomic E-state index is 5.61. The number of morpholine rings is 1. The van der Waals surface area contributed by atoms with Crippen LogP contribution in [-0.2, 0) is 14.9 Å². The van der Waals surface area contributed by atoms with Crippen molar-refractivity contribution in [2.45, 2.75) is 18.4 Å². The smallest absolute Gasteiger partial charge is 0.119 e. The van der Waals surface area contributed by atoms with Crippen LogP contribution in [0.25, 0.3) is 0 Å². The first-order valence-electron chi connectivity index (χ1n) is 6.97. The van der Waals surface area contributed by atoms with Gasteiger partial charge in [0, 0.05) is 12.6 Å². The zero-order chi connectivity index (χ0) is 13.1. The van der Waals surface area contributed by atoms with Crippen molar-refractivity contribution >= 4 is 0 Å². The van der Waals surface area contributed by atoms with Crippen molar-refractivity contribution in [3.63, 3.8) is 0 Å². The molecule has 0 aromatic heterocycles. The monoisotopic (exact) mass is 263 g/mol. The van der Waals surface area contributed by atoms with Gasteiger partial charge < -0.3 is 19.5 Å². The number of nitrogens with one attached hydrogen (secondary N) is 1. The van der Waals surface area contributed by atoms with Crippen LogP contribution in [0.1, 0.15) is 12.5 Å². The lowest BCUT2D eigenvalue weighted by molar-refractivity contribution is -0.101. The molecule has 1 unspecified atom stereocenters. The van der Waals surface area contributed by atoms with Crippen LogP contribution in [0, 0.1) is 0 Å². The fraction of sp³-hybridized carbons (Fsp3) is 0.600. The van der Waals surface area contributed by atoms with Crippen molar-refractivity contribution < 1.29 is 14.2 Å². The van der Waals surface area contributed by atoms with Gasteiger partial charge in [-0.1, -0.05) is 12.1 Å². The van der Waals surface area contributed by atoms with Crippen molar-refractivity contribution in [1.29, 1.82) is 0 Å². The van der Waals surface area contributed by atoms with Gasteiger partial charge in [-0.15, -0.1) is 0 Å². The minimum atomic E-state index is 0.0607. The van der Waals surface area contributed by atoms with Gasteiger partial charge in [0.15, 0.2) is 0 Å². The van der Waals surface area contributed by atoms with Gasteiger partial charge in [-0.25, -0.2) is 0 Å². The van der Waals surface area contributed by atoms with Gasteiger partial charge in [0.25, 0.3) is 0 Å². The molecule has 0 aliphatic carbocycles. The summed E-state index contributed by atoms with van der Waals surface area (Å²) in [7, 11) is 0. The van der Waals surface area contributed by atoms with E-state index in [-0.39, 0.29) is 5.41 Å². The molecule has 1 atom stereocenters. The molecule has 2 aliphatic rings. The average Bonchev–Trinajstić information content (AvgIpc) is 2.41. The van der Waals surface area contributed by atoms with Gasteiger partial charge in [0.1, 0.15) is 5.75 Å². The summed E-state index contributed by atoms with van der Waals surface area (Å²) in [4.78, 5) is 0. The van der Waals surface area contributed by atoms with Gasteiger partial charge in [-0.2, -0.15) is 0 Å². The highest BCUT2D eigenvalue weighted by Crippen LogP contribution is 2.37. The van der Waals surface area contributed by atoms with Crippen molar-refractivity contribution in [2.24, 2.45) is 0 Å². The van der Waals surface area contributed by atoms with E-state index in [0.717, 1.165) is 38.7 Å². The fourth-order valence-corrected chi connectivity index (χ4v) is 2.86. The Kier molecular flexibility index (Phi) is 3.73. The van der Waals surface area contributed by atoms with Crippen LogP contribution in [0.5, 0.6) is 5.75 Å². The van der Waals surface area contributed by atoms with E-state index < -0.39 is 0 Å². The summed E-state index contributed by atoms with van der Waals surface area (Å²) in [6.07, 6.45) is 0. The number of ether oxygens (including phenoxy) is 3. The Morgan fingerprint density at radius 2 is 2.05 bits per heavy atom. The Morgan fingerprint density at radius 1 is 1.26 bits per heavy atom. The van der Waals surface area contributed by atoms with Crippen molar-refractivity contribution in [3.8, 4) is 5.75 Å². The molecule has 2 saturated heterocycles. The minimum Gasteiger partial charge on any atom is -0.494 e. The molecule has 2 fully saturated rings. The van der Waals surface area contributed by atoms with Crippen LogP contribution < -0.4 is 10.1 Å². The van der Waals surface area contributed by atoms with Gasteiger partial charge in [-0.3, -0.25) is 0 Å². The third kappa shape index (κ3) is 2.36. The number of rotatable bonds is 4. The first kappa shape index (κ1) is 12.9. The van der Waals surface area contributed by atoms with Crippen LogP contribution in [0.4, 0.5) is 0 Å². The molecule has 2 heterocycles. The average molecular weight is 263 g/mol. The summed E-state index contributed by atoms with van der Waals surface area (Å²) in [6, 6.07) is 8.74. The Balaban J connectivity index is 1.80. The van der Waals surface area contributed by atoms with E-state index in [4.69, 9.17) is 14.2 Å². The van der Waals surface area contributed by atoms with Gasteiger partial charge >= 0.3 is 0 Å². The maximum absolute atomic E-state index is 5.61. The topological polar surface area (TPSA) is 39.7 Å². The summed E-state index contributed by atoms with van der Waals surface area (Å²) >= 11 is 0. The zero-order valence-corrected chi connectivity index (χ0v) is 11.4. The van der Waals surface area contributed by atoms with E-state index in [0.29, 0.717) is 12.6 Å². The van der Waals surface area contributed by atoms with Gasteiger partial charge in [0.05, 0.1) is 38.4 Å². The molecule has 0 radical (unpaired) electrons. The van der Waals surface area contributed by atoms with Crippen molar-refractivity contribution in [3.05, 3.63) is 29.8 Å². The normalized spacial score (nSPS) is 25.6. The minimum absolute atomic E-state index is 0.0607. The first-order chi connectivity index (χ1) is 9.35. The lowest BCUT2D eigenvalue weighted by atomic mass is 9.72. The highest BCUT2D eigenvalue weighted by molar-refractivity contribution is 5.36. The summed E-state index contributed by atoms with van der Waals surface area (Å²) in [5, 5.41) is 3.56. The lowest BCUT2D eigenvalue weighted by Crippen LogP contribution is -2.63. The van der Waals surface area contributed by atoms with Crippen LogP contribution >= 0.6 is 0 Å². The molecule has 4 heteroatoms. The molecule has 2 aliphatic heterocycles. The lowest BCUT2D eigenvalue weighted by Gasteiger charge is -2.49. The second-order valence-corrected chi connectivity index (χ2v) is 5.19. The molecule has 1 N–H and O–H groups in total. The number of hydrogen-bond donors (Lipinski definition) is 1. The number of benzene rings is 1. The standard InChI is InChI=1S/C15H21NO3/c1-2-19-13-5-3-12(4-6-13)15(10-18-11-15)14-9-17-8-7-16-14/h3-6,14,16H,2,7-11H2,1H3. The van der Waals surface area contributed by atoms with E-state index in [1.54, 1.807) is 0 Å². The summed E-state index contributed by atoms with van der Waals surface area (Å²) in [6.45, 7) is 6.71. The molecule has 0 bridgehead atoms. The summed E-state index contributed by atoms with van der Waals surface area (Å²) in [5.41, 5.74) is 1.37. The zero-order valence-electron chi connectivity index (χ0n) is 11.4. The summed E-state index contributed by atoms with van der Waals surface area (Å²) < 4.78 is 16.6. The molecule has 4 nitrogen and oxygen atoms in total. The van der Waals surface area contributed by atoms with E-state index in [1.807, 2.05) is 19.1 Å². The highest BCUT2D eigenvalue weighted by atomic mass is 16.5. The predicted octanol–water partition coefficient (Wildman–Crippen LogP) is 1.34. The largest absolute Gasteiger partial charge is 0.494 e. The predicted molar refractivity (Wildman–Crippen MR) is 72.7 cm³/mol. The highest BCUT2D eigenvalue weighted by Gasteiger charge is 2.47. The second-order valence-electron chi connectivity index (χ2n) is 5.19. The van der Waals surface area contributed by atoms with Crippen molar-refractivity contribution in [1.82, 2.24) is 5.32 Å². The molecule has 104 valence electrons. The Hall–Kier alpha value is -1.10. The Morgan fingerprint density at radius 3 is 2.58 bits per heavy atom. The fourth-order valence-electron chi connectivity index (χ4n) is 2.86. The molecule has 19 heavy (non-hydrogen) atoms. The number of hydrogen-bond acceptors (Lipinski definition) is 4. The molecule has 3 rings (SSSR count). The molecular formula is C15H21NO3. The molecule has 0 amide bonds.